The summed E-state index contributed by atoms with van der Waals surface area (Å²) in [6, 6.07) is 5.63. The molecule has 40 heavy (non-hydrogen) atoms. The molecule has 0 amide bonds. The lowest BCUT2D eigenvalue weighted by Gasteiger charge is -2.14. The fourth-order valence-electron chi connectivity index (χ4n) is 3.72. The van der Waals surface area contributed by atoms with Crippen molar-refractivity contribution in [2.24, 2.45) is 7.05 Å². The number of aryl methyl sites for hydroxylation is 1. The maximum atomic E-state index is 13.9. The predicted octanol–water partition coefficient (Wildman–Crippen LogP) is 4.89. The summed E-state index contributed by atoms with van der Waals surface area (Å²) < 4.78 is 72.9. The van der Waals surface area contributed by atoms with Crippen LogP contribution in [0.1, 0.15) is 45.9 Å². The maximum absolute atomic E-state index is 13.9. The third-order valence-corrected chi connectivity index (χ3v) is 5.86. The molecular weight excluding hydrogens is 563 g/mol. The first-order valence-corrected chi connectivity index (χ1v) is 11.8. The second-order valence-corrected chi connectivity index (χ2v) is 8.95. The molecule has 15 heteroatoms. The number of hydrogen-bond acceptors (Lipinski definition) is 8. The van der Waals surface area contributed by atoms with Crippen LogP contribution in [0.3, 0.4) is 0 Å². The van der Waals surface area contributed by atoms with Crippen LogP contribution in [0.25, 0.3) is 11.4 Å². The van der Waals surface area contributed by atoms with Crippen LogP contribution >= 0.6 is 11.6 Å². The maximum Gasteiger partial charge on any atom is 0.433 e. The molecule has 4 heterocycles. The number of nitrogens with zero attached hydrogens (tertiary/aromatic N) is 6. The summed E-state index contributed by atoms with van der Waals surface area (Å²) in [5.41, 5.74) is -0.589. The van der Waals surface area contributed by atoms with E-state index in [0.717, 1.165) is 12.1 Å². The minimum Gasteiger partial charge on any atom is -0.457 e. The molecule has 0 radical (unpaired) electrons. The Balaban J connectivity index is 1.47. The third kappa shape index (κ3) is 6.62. The third-order valence-electron chi connectivity index (χ3n) is 5.67. The minimum absolute atomic E-state index is 0.0271. The standard InChI is InChI=1S/C25H18ClF5N6O3/c1-12(16-8-15(27)11-33-24(16)28)40-22(39)9-18-23(35-36-37(18)2)17-4-3-14(10-32-17)19(38)5-13-6-20(25(29,30)31)34-21(26)7-13/h3-4,6-8,10-12H,5,9H2,1-2H3/t12-/m1/s1. The fraction of sp³-hybridized carbons (Fsp3) is 0.240. The zero-order valence-corrected chi connectivity index (χ0v) is 21.5. The fourth-order valence-corrected chi connectivity index (χ4v) is 3.95. The number of Topliss-reactive ketones (excluding diaryl/α,β-unsaturated/α-hetero) is 1. The molecule has 0 spiro atoms. The SMILES string of the molecule is C[C@@H](OC(=O)Cc1c(-c2ccc(C(=O)Cc3cc(Cl)nc(C(F)(F)F)c3)cn2)nnn1C)c1cc(F)cnc1F. The van der Waals surface area contributed by atoms with E-state index in [4.69, 9.17) is 16.3 Å². The molecule has 0 N–H and O–H groups in total. The Hall–Kier alpha value is -4.33. The Morgan fingerprint density at radius 2 is 1.82 bits per heavy atom. The van der Waals surface area contributed by atoms with E-state index in [1.165, 1.54) is 43.0 Å². The average molecular weight is 581 g/mol. The Kier molecular flexibility index (Phi) is 8.18. The number of pyridine rings is 3. The number of ketones is 1. The van der Waals surface area contributed by atoms with E-state index in [1.807, 2.05) is 0 Å². The first-order chi connectivity index (χ1) is 18.8. The Morgan fingerprint density at radius 3 is 2.50 bits per heavy atom. The second kappa shape index (κ2) is 11.4. The molecule has 4 aromatic rings. The quantitative estimate of drug-likeness (QED) is 0.125. The molecule has 4 aromatic heterocycles. The molecule has 0 aliphatic heterocycles. The predicted molar refractivity (Wildman–Crippen MR) is 129 cm³/mol. The highest BCUT2D eigenvalue weighted by atomic mass is 35.5. The monoisotopic (exact) mass is 580 g/mol. The van der Waals surface area contributed by atoms with Crippen molar-refractivity contribution in [3.63, 3.8) is 0 Å². The molecule has 0 aliphatic carbocycles. The van der Waals surface area contributed by atoms with Gasteiger partial charge in [-0.3, -0.25) is 19.3 Å². The van der Waals surface area contributed by atoms with Crippen LogP contribution in [0, 0.1) is 11.8 Å². The molecule has 0 aromatic carbocycles. The van der Waals surface area contributed by atoms with E-state index in [0.29, 0.717) is 6.20 Å². The van der Waals surface area contributed by atoms with Gasteiger partial charge in [0.25, 0.3) is 0 Å². The van der Waals surface area contributed by atoms with Gasteiger partial charge in [0.2, 0.25) is 5.95 Å². The first kappa shape index (κ1) is 28.7. The largest absolute Gasteiger partial charge is 0.457 e. The number of rotatable bonds is 8. The van der Waals surface area contributed by atoms with Gasteiger partial charge in [0.1, 0.15) is 28.5 Å². The summed E-state index contributed by atoms with van der Waals surface area (Å²) in [4.78, 5) is 36.0. The number of ether oxygens (including phenoxy) is 1. The van der Waals surface area contributed by atoms with Crippen molar-refractivity contribution in [3.8, 4) is 11.4 Å². The van der Waals surface area contributed by atoms with Crippen LogP contribution in [-0.4, -0.2) is 41.7 Å². The van der Waals surface area contributed by atoms with Crippen LogP contribution in [0.15, 0.2) is 42.7 Å². The average Bonchev–Trinajstić information content (AvgIpc) is 3.24. The van der Waals surface area contributed by atoms with Crippen LogP contribution in [-0.2, 0) is 35.6 Å². The summed E-state index contributed by atoms with van der Waals surface area (Å²) in [6.07, 6.45) is -4.67. The number of aromatic nitrogens is 6. The van der Waals surface area contributed by atoms with Gasteiger partial charge in [0.05, 0.1) is 29.6 Å². The molecule has 1 atom stereocenters. The molecular formula is C25H18ClF5N6O3. The molecule has 4 rings (SSSR count). The van der Waals surface area contributed by atoms with Crippen molar-refractivity contribution >= 4 is 23.4 Å². The molecule has 0 saturated carbocycles. The first-order valence-electron chi connectivity index (χ1n) is 11.4. The van der Waals surface area contributed by atoms with E-state index in [2.05, 4.69) is 25.3 Å². The van der Waals surface area contributed by atoms with E-state index in [9.17, 15) is 31.5 Å². The van der Waals surface area contributed by atoms with Crippen LogP contribution in [0.4, 0.5) is 22.0 Å². The molecule has 0 aliphatic rings. The normalized spacial score (nSPS) is 12.3. The van der Waals surface area contributed by atoms with Crippen LogP contribution in [0.2, 0.25) is 5.15 Å². The van der Waals surface area contributed by atoms with Gasteiger partial charge >= 0.3 is 12.1 Å². The van der Waals surface area contributed by atoms with Gasteiger partial charge in [-0.2, -0.15) is 17.6 Å². The molecule has 0 unspecified atom stereocenters. The van der Waals surface area contributed by atoms with E-state index >= 15 is 0 Å². The van der Waals surface area contributed by atoms with Gasteiger partial charge in [-0.25, -0.2) is 14.4 Å². The number of carbonyl (C=O) groups excluding carboxylic acids is 2. The highest BCUT2D eigenvalue weighted by Crippen LogP contribution is 2.30. The molecule has 0 fully saturated rings. The van der Waals surface area contributed by atoms with Gasteiger partial charge in [0, 0.05) is 25.2 Å². The van der Waals surface area contributed by atoms with E-state index < -0.39 is 46.6 Å². The van der Waals surface area contributed by atoms with Gasteiger partial charge in [-0.05, 0) is 42.8 Å². The zero-order chi connectivity index (χ0) is 29.2. The highest BCUT2D eigenvalue weighted by Gasteiger charge is 2.33. The van der Waals surface area contributed by atoms with Gasteiger partial charge < -0.3 is 4.74 Å². The lowest BCUT2D eigenvalue weighted by atomic mass is 10.0. The van der Waals surface area contributed by atoms with Crippen molar-refractivity contribution in [3.05, 3.63) is 87.7 Å². The summed E-state index contributed by atoms with van der Waals surface area (Å²) >= 11 is 5.68. The molecule has 9 nitrogen and oxygen atoms in total. The lowest BCUT2D eigenvalue weighted by molar-refractivity contribution is -0.148. The number of halogens is 6. The van der Waals surface area contributed by atoms with Crippen LogP contribution in [0.5, 0.6) is 0 Å². The minimum atomic E-state index is -4.72. The Morgan fingerprint density at radius 1 is 1.07 bits per heavy atom. The van der Waals surface area contributed by atoms with Gasteiger partial charge in [0.15, 0.2) is 5.78 Å². The molecule has 0 bridgehead atoms. The summed E-state index contributed by atoms with van der Waals surface area (Å²) in [5.74, 6) is -3.08. The number of esters is 1. The lowest BCUT2D eigenvalue weighted by Crippen LogP contribution is -2.15. The van der Waals surface area contributed by atoms with Crippen molar-refractivity contribution in [2.45, 2.75) is 32.0 Å². The number of carbonyl (C=O) groups is 2. The number of hydrogen-bond donors (Lipinski definition) is 0. The Bertz CT molecular complexity index is 1580. The van der Waals surface area contributed by atoms with Gasteiger partial charge in [-0.15, -0.1) is 5.10 Å². The Labute approximate surface area is 228 Å². The highest BCUT2D eigenvalue weighted by molar-refractivity contribution is 6.29. The zero-order valence-electron chi connectivity index (χ0n) is 20.7. The number of alkyl halides is 3. The van der Waals surface area contributed by atoms with E-state index in [1.54, 1.807) is 0 Å². The molecule has 0 saturated heterocycles. The van der Waals surface area contributed by atoms with Gasteiger partial charge in [-0.1, -0.05) is 16.8 Å². The van der Waals surface area contributed by atoms with E-state index in [-0.39, 0.29) is 46.6 Å². The van der Waals surface area contributed by atoms with Crippen molar-refractivity contribution in [2.75, 3.05) is 0 Å². The second-order valence-electron chi connectivity index (χ2n) is 8.56. The summed E-state index contributed by atoms with van der Waals surface area (Å²) in [7, 11) is 1.52. The summed E-state index contributed by atoms with van der Waals surface area (Å²) in [6.45, 7) is 1.36. The van der Waals surface area contributed by atoms with Crippen molar-refractivity contribution in [1.29, 1.82) is 0 Å². The smallest absolute Gasteiger partial charge is 0.433 e. The van der Waals surface area contributed by atoms with Crippen molar-refractivity contribution in [1.82, 2.24) is 29.9 Å². The summed E-state index contributed by atoms with van der Waals surface area (Å²) in [5, 5.41) is 7.48. The van der Waals surface area contributed by atoms with Crippen molar-refractivity contribution < 1.29 is 36.3 Å². The molecule has 208 valence electrons. The topological polar surface area (TPSA) is 113 Å². The van der Waals surface area contributed by atoms with Crippen LogP contribution < -0.4 is 0 Å².